The number of hydrogen-bond acceptors (Lipinski definition) is 3. The van der Waals surface area contributed by atoms with Crippen molar-refractivity contribution >= 4 is 6.47 Å². The summed E-state index contributed by atoms with van der Waals surface area (Å²) in [6.07, 6.45) is 0. The van der Waals surface area contributed by atoms with Crippen LogP contribution < -0.4 is 0 Å². The Labute approximate surface area is 77.8 Å². The van der Waals surface area contributed by atoms with Gasteiger partial charge in [0.2, 0.25) is 0 Å². The lowest BCUT2D eigenvalue weighted by atomic mass is 10.2. The molecule has 0 saturated carbocycles. The van der Waals surface area contributed by atoms with Gasteiger partial charge in [-0.1, -0.05) is 6.07 Å². The van der Waals surface area contributed by atoms with E-state index >= 15 is 0 Å². The van der Waals surface area contributed by atoms with Gasteiger partial charge in [0, 0.05) is 0 Å². The minimum Gasteiger partial charge on any atom is -0.462 e. The minimum atomic E-state index is -0.318. The third-order valence-electron chi connectivity index (χ3n) is 1.36. The van der Waals surface area contributed by atoms with Gasteiger partial charge in [-0.2, -0.15) is 0 Å². The summed E-state index contributed by atoms with van der Waals surface area (Å²) in [5, 5.41) is 0. The second-order valence-electron chi connectivity index (χ2n) is 3.73. The summed E-state index contributed by atoms with van der Waals surface area (Å²) in [6, 6.07) is 6.03. The highest BCUT2D eigenvalue weighted by molar-refractivity contribution is 5.67. The first-order chi connectivity index (χ1) is 6.03. The summed E-state index contributed by atoms with van der Waals surface area (Å²) in [4.78, 5) is 13.5. The highest BCUT2D eigenvalue weighted by Gasteiger charge is 2.10. The molecule has 0 radical (unpaired) electrons. The molecule has 0 N–H and O–H groups in total. The predicted molar refractivity (Wildman–Crippen MR) is 50.1 cm³/mol. The second-order valence-corrected chi connectivity index (χ2v) is 3.73. The monoisotopic (exact) mass is 179 g/mol. The molecule has 0 aromatic carbocycles. The van der Waals surface area contributed by atoms with Crippen molar-refractivity contribution in [2.75, 3.05) is 0 Å². The van der Waals surface area contributed by atoms with Gasteiger partial charge in [0.05, 0.1) is 11.4 Å². The van der Waals surface area contributed by atoms with Crippen LogP contribution >= 0.6 is 0 Å². The molecule has 1 aliphatic heterocycles. The molecule has 0 fully saturated rings. The summed E-state index contributed by atoms with van der Waals surface area (Å²) in [5.74, 6) is 0. The Balaban J connectivity index is 0.000000130. The lowest BCUT2D eigenvalue weighted by Gasteiger charge is -2.14. The first-order valence-corrected chi connectivity index (χ1v) is 4.12. The maximum absolute atomic E-state index is 9.60. The number of hydrogen-bond donors (Lipinski definition) is 0. The number of rotatable bonds is 1. The molecule has 0 bridgehead atoms. The Morgan fingerprint density at radius 3 is 1.92 bits per heavy atom. The van der Waals surface area contributed by atoms with Crippen LogP contribution in [0.25, 0.3) is 11.4 Å². The van der Waals surface area contributed by atoms with Crippen molar-refractivity contribution in [2.24, 2.45) is 0 Å². The van der Waals surface area contributed by atoms with E-state index in [2.05, 4.69) is 9.72 Å². The molecule has 1 aliphatic carbocycles. The molecule has 3 heteroatoms. The average molecular weight is 179 g/mol. The van der Waals surface area contributed by atoms with Gasteiger partial charge in [0.25, 0.3) is 6.47 Å². The van der Waals surface area contributed by atoms with E-state index < -0.39 is 0 Å². The number of carbonyl (C=O) groups excluding carboxylic acids is 1. The number of nitrogens with zero attached hydrogens (tertiary/aromatic N) is 1. The smallest absolute Gasteiger partial charge is 0.293 e. The number of pyridine rings is 1. The highest BCUT2D eigenvalue weighted by Crippen LogP contribution is 2.25. The van der Waals surface area contributed by atoms with E-state index in [1.54, 1.807) is 0 Å². The Morgan fingerprint density at radius 1 is 1.31 bits per heavy atom. The van der Waals surface area contributed by atoms with Crippen molar-refractivity contribution < 1.29 is 9.53 Å². The van der Waals surface area contributed by atoms with Crippen LogP contribution in [-0.4, -0.2) is 17.1 Å². The zero-order valence-electron chi connectivity index (χ0n) is 8.07. The van der Waals surface area contributed by atoms with Crippen molar-refractivity contribution in [3.05, 3.63) is 18.2 Å². The standard InChI is InChI=1S/C5H3N.C5H10O2/c1-2-4-5(3-1)6-4;1-5(2,3)7-4-6/h1-3H;4H,1-3H3. The summed E-state index contributed by atoms with van der Waals surface area (Å²) in [6.45, 7) is 5.92. The van der Waals surface area contributed by atoms with Gasteiger partial charge in [0.1, 0.15) is 5.60 Å². The van der Waals surface area contributed by atoms with Crippen molar-refractivity contribution in [3.8, 4) is 11.4 Å². The van der Waals surface area contributed by atoms with E-state index in [0.29, 0.717) is 6.47 Å². The lowest BCUT2D eigenvalue weighted by Crippen LogP contribution is -2.17. The van der Waals surface area contributed by atoms with E-state index in [1.807, 2.05) is 39.0 Å². The molecule has 2 rings (SSSR count). The zero-order chi connectivity index (χ0) is 9.90. The Hall–Kier alpha value is -1.38. The van der Waals surface area contributed by atoms with Crippen LogP contribution in [-0.2, 0) is 9.53 Å². The fourth-order valence-corrected chi connectivity index (χ4v) is 0.722. The average Bonchev–Trinajstić information content (AvgIpc) is 2.58. The molecule has 0 aromatic heterocycles. The van der Waals surface area contributed by atoms with E-state index in [1.165, 1.54) is 11.4 Å². The van der Waals surface area contributed by atoms with E-state index in [9.17, 15) is 4.79 Å². The number of carbonyl (C=O) groups is 1. The largest absolute Gasteiger partial charge is 0.462 e. The molecule has 0 saturated heterocycles. The van der Waals surface area contributed by atoms with Crippen LogP contribution in [0.2, 0.25) is 0 Å². The fraction of sp³-hybridized carbons (Fsp3) is 0.400. The van der Waals surface area contributed by atoms with Gasteiger partial charge in [0.15, 0.2) is 0 Å². The van der Waals surface area contributed by atoms with E-state index in [-0.39, 0.29) is 5.60 Å². The molecule has 3 nitrogen and oxygen atoms in total. The summed E-state index contributed by atoms with van der Waals surface area (Å²) in [7, 11) is 0. The van der Waals surface area contributed by atoms with Crippen molar-refractivity contribution in [1.29, 1.82) is 0 Å². The zero-order valence-corrected chi connectivity index (χ0v) is 8.07. The third-order valence-corrected chi connectivity index (χ3v) is 1.36. The molecule has 70 valence electrons. The third kappa shape index (κ3) is 3.69. The van der Waals surface area contributed by atoms with Crippen molar-refractivity contribution in [1.82, 2.24) is 4.98 Å². The normalized spacial score (nSPS) is 11.0. The molecule has 1 heterocycles. The second kappa shape index (κ2) is 3.56. The topological polar surface area (TPSA) is 39.2 Å². The number of fused-ring (bicyclic) bond motifs is 1. The number of aromatic nitrogens is 1. The highest BCUT2D eigenvalue weighted by atomic mass is 16.5. The van der Waals surface area contributed by atoms with E-state index in [4.69, 9.17) is 0 Å². The maximum atomic E-state index is 9.60. The lowest BCUT2D eigenvalue weighted by molar-refractivity contribution is -0.138. The molecule has 0 unspecified atom stereocenters. The van der Waals surface area contributed by atoms with Gasteiger partial charge >= 0.3 is 0 Å². The molecule has 2 aliphatic rings. The van der Waals surface area contributed by atoms with Crippen LogP contribution in [0.5, 0.6) is 0 Å². The summed E-state index contributed by atoms with van der Waals surface area (Å²) in [5.41, 5.74) is 2.03. The minimum absolute atomic E-state index is 0.318. The Bertz CT molecular complexity index is 285. The van der Waals surface area contributed by atoms with Crippen molar-refractivity contribution in [2.45, 2.75) is 26.4 Å². The van der Waals surface area contributed by atoms with Crippen LogP contribution in [0, 0.1) is 0 Å². The van der Waals surface area contributed by atoms with Crippen molar-refractivity contribution in [3.63, 3.8) is 0 Å². The molecule has 13 heavy (non-hydrogen) atoms. The molecular weight excluding hydrogens is 166 g/mol. The molecule has 0 spiro atoms. The molecule has 0 aromatic rings. The predicted octanol–water partition coefficient (Wildman–Crippen LogP) is 2.02. The van der Waals surface area contributed by atoms with Gasteiger partial charge in [-0.25, -0.2) is 4.98 Å². The van der Waals surface area contributed by atoms with Crippen LogP contribution in [0.4, 0.5) is 0 Å². The first kappa shape index (κ1) is 9.71. The fourth-order valence-electron chi connectivity index (χ4n) is 0.722. The van der Waals surface area contributed by atoms with Gasteiger partial charge < -0.3 is 4.74 Å². The van der Waals surface area contributed by atoms with Crippen LogP contribution in [0.15, 0.2) is 18.2 Å². The quantitative estimate of drug-likeness (QED) is 0.629. The van der Waals surface area contributed by atoms with Gasteiger partial charge in [-0.15, -0.1) is 0 Å². The molecule has 0 amide bonds. The van der Waals surface area contributed by atoms with E-state index in [0.717, 1.165) is 0 Å². The van der Waals surface area contributed by atoms with Crippen LogP contribution in [0.3, 0.4) is 0 Å². The van der Waals surface area contributed by atoms with Gasteiger partial charge in [-0.3, -0.25) is 4.79 Å². The number of ether oxygens (including phenoxy) is 1. The summed E-state index contributed by atoms with van der Waals surface area (Å²) >= 11 is 0. The Kier molecular flexibility index (Phi) is 2.66. The summed E-state index contributed by atoms with van der Waals surface area (Å²) < 4.78 is 4.55. The maximum Gasteiger partial charge on any atom is 0.293 e. The molecule has 0 atom stereocenters. The first-order valence-electron chi connectivity index (χ1n) is 4.12. The molecular formula is C10H13NO2. The SMILES string of the molecule is CC(C)(C)OC=O.c1cc2nc-2c1. The van der Waals surface area contributed by atoms with Crippen LogP contribution in [0.1, 0.15) is 20.8 Å². The Morgan fingerprint density at radius 2 is 1.85 bits per heavy atom. The van der Waals surface area contributed by atoms with Gasteiger partial charge in [-0.05, 0) is 32.9 Å².